The minimum atomic E-state index is -1.02. The highest BCUT2D eigenvalue weighted by Crippen LogP contribution is 2.45. The van der Waals surface area contributed by atoms with Crippen molar-refractivity contribution in [2.75, 3.05) is 19.1 Å². The maximum absolute atomic E-state index is 12.8. The van der Waals surface area contributed by atoms with E-state index in [0.29, 0.717) is 6.42 Å². The number of nitrogens with one attached hydrogen (secondary N) is 1. The van der Waals surface area contributed by atoms with Crippen molar-refractivity contribution >= 4 is 11.6 Å². The number of phenols is 1. The molecule has 1 aromatic heterocycles. The van der Waals surface area contributed by atoms with E-state index in [-0.39, 0.29) is 17.6 Å². The van der Waals surface area contributed by atoms with Crippen LogP contribution < -0.4 is 4.90 Å². The Morgan fingerprint density at radius 1 is 1.06 bits per heavy atom. The van der Waals surface area contributed by atoms with Crippen molar-refractivity contribution in [3.8, 4) is 5.75 Å². The average Bonchev–Trinajstić information content (AvgIpc) is 3.38. The van der Waals surface area contributed by atoms with Crippen molar-refractivity contribution in [1.82, 2.24) is 9.97 Å². The number of rotatable bonds is 5. The monoisotopic (exact) mass is 439 g/mol. The molecule has 0 fully saturated rings. The molecule has 1 aliphatic heterocycles. The van der Waals surface area contributed by atoms with E-state index in [1.807, 2.05) is 43.4 Å². The Kier molecular flexibility index (Phi) is 5.23. The number of ether oxygens (including phenoxy) is 1. The van der Waals surface area contributed by atoms with E-state index in [0.717, 1.165) is 33.6 Å². The zero-order chi connectivity index (χ0) is 23.0. The molecule has 0 aliphatic carbocycles. The van der Waals surface area contributed by atoms with E-state index in [1.54, 1.807) is 42.7 Å². The van der Waals surface area contributed by atoms with Crippen LogP contribution in [0.2, 0.25) is 0 Å². The summed E-state index contributed by atoms with van der Waals surface area (Å²) in [5, 5.41) is 10.2. The van der Waals surface area contributed by atoms with E-state index in [2.05, 4.69) is 28.2 Å². The lowest BCUT2D eigenvalue weighted by molar-refractivity contribution is -0.118. The molecule has 2 heterocycles. The second-order valence-corrected chi connectivity index (χ2v) is 8.29. The summed E-state index contributed by atoms with van der Waals surface area (Å²) < 4.78 is 6.23. The zero-order valence-electron chi connectivity index (χ0n) is 18.5. The number of aromatic amines is 1. The predicted octanol–water partition coefficient (Wildman–Crippen LogP) is 4.55. The molecule has 3 aromatic carbocycles. The molecular weight excluding hydrogens is 414 g/mol. The largest absolute Gasteiger partial charge is 0.508 e. The van der Waals surface area contributed by atoms with Crippen LogP contribution in [0.3, 0.4) is 0 Å². The fraction of sp³-hybridized carbons (Fsp3) is 0.185. The van der Waals surface area contributed by atoms with E-state index in [9.17, 15) is 9.90 Å². The van der Waals surface area contributed by atoms with Gasteiger partial charge in [-0.15, -0.1) is 0 Å². The molecule has 4 aromatic rings. The van der Waals surface area contributed by atoms with Crippen LogP contribution in [0.1, 0.15) is 40.3 Å². The fourth-order valence-electron chi connectivity index (χ4n) is 4.89. The van der Waals surface area contributed by atoms with Crippen LogP contribution in [0.15, 0.2) is 85.3 Å². The Balaban J connectivity index is 1.75. The molecule has 0 bridgehead atoms. The topological polar surface area (TPSA) is 78.5 Å². The van der Waals surface area contributed by atoms with E-state index < -0.39 is 5.60 Å². The number of amides is 1. The minimum Gasteiger partial charge on any atom is -0.508 e. The Morgan fingerprint density at radius 3 is 2.55 bits per heavy atom. The van der Waals surface area contributed by atoms with Crippen molar-refractivity contribution in [3.05, 3.63) is 113 Å². The summed E-state index contributed by atoms with van der Waals surface area (Å²) in [5.41, 5.74) is 4.40. The molecule has 0 spiro atoms. The second-order valence-electron chi connectivity index (χ2n) is 8.29. The van der Waals surface area contributed by atoms with Crippen molar-refractivity contribution in [2.24, 2.45) is 0 Å². The standard InChI is InChI=1S/C27H25N3O3/c1-30-24-12-11-20(14-23(24)22(15-26(30)32)18-7-4-3-5-8-18)27(33-2,25-16-28-17-29-25)19-9-6-10-21(31)13-19/h3-14,16-17,22,31H,15H2,1-2H3,(H,28,29). The number of nitrogens with zero attached hydrogens (tertiary/aromatic N) is 2. The van der Waals surface area contributed by atoms with Gasteiger partial charge in [-0.3, -0.25) is 4.79 Å². The lowest BCUT2D eigenvalue weighted by Gasteiger charge is -2.36. The predicted molar refractivity (Wildman–Crippen MR) is 126 cm³/mol. The molecule has 0 saturated heterocycles. The molecule has 2 unspecified atom stereocenters. The summed E-state index contributed by atoms with van der Waals surface area (Å²) in [7, 11) is 3.46. The molecule has 5 rings (SSSR count). The minimum absolute atomic E-state index is 0.0645. The first-order valence-corrected chi connectivity index (χ1v) is 10.8. The number of hydrogen-bond acceptors (Lipinski definition) is 4. The lowest BCUT2D eigenvalue weighted by Crippen LogP contribution is -2.35. The van der Waals surface area contributed by atoms with E-state index in [1.165, 1.54) is 0 Å². The Morgan fingerprint density at radius 2 is 1.85 bits per heavy atom. The van der Waals surface area contributed by atoms with Gasteiger partial charge in [0.25, 0.3) is 0 Å². The molecule has 0 radical (unpaired) electrons. The zero-order valence-corrected chi connectivity index (χ0v) is 18.5. The van der Waals surface area contributed by atoms with Crippen molar-refractivity contribution < 1.29 is 14.6 Å². The van der Waals surface area contributed by atoms with Gasteiger partial charge in [0.2, 0.25) is 5.91 Å². The number of aromatic hydroxyl groups is 1. The Labute approximate surface area is 192 Å². The second kappa shape index (κ2) is 8.22. The number of carbonyl (C=O) groups excluding carboxylic acids is 1. The van der Waals surface area contributed by atoms with Gasteiger partial charge in [-0.1, -0.05) is 48.5 Å². The van der Waals surface area contributed by atoms with Crippen molar-refractivity contribution in [1.29, 1.82) is 0 Å². The van der Waals surface area contributed by atoms with Crippen molar-refractivity contribution in [3.63, 3.8) is 0 Å². The normalized spacial score (nSPS) is 17.5. The lowest BCUT2D eigenvalue weighted by atomic mass is 9.78. The SMILES string of the molecule is COC(c1cccc(O)c1)(c1ccc2c(c1)C(c1ccccc1)CC(=O)N2C)c1cnc[nH]1. The highest BCUT2D eigenvalue weighted by Gasteiger charge is 2.40. The highest BCUT2D eigenvalue weighted by molar-refractivity contribution is 5.97. The van der Waals surface area contributed by atoms with Gasteiger partial charge in [0.15, 0.2) is 5.60 Å². The van der Waals surface area contributed by atoms with Crippen LogP contribution in [0, 0.1) is 0 Å². The summed E-state index contributed by atoms with van der Waals surface area (Å²) in [5.74, 6) is 0.174. The summed E-state index contributed by atoms with van der Waals surface area (Å²) in [6, 6.07) is 23.2. The summed E-state index contributed by atoms with van der Waals surface area (Å²) in [6.07, 6.45) is 3.74. The van der Waals surface area contributed by atoms with Crippen LogP contribution in [0.5, 0.6) is 5.75 Å². The number of H-pyrrole nitrogens is 1. The first-order chi connectivity index (χ1) is 16.0. The van der Waals surface area contributed by atoms with Gasteiger partial charge in [-0.05, 0) is 46.5 Å². The number of fused-ring (bicyclic) bond motifs is 1. The first kappa shape index (κ1) is 21.0. The third kappa shape index (κ3) is 3.39. The molecule has 2 atom stereocenters. The van der Waals surface area contributed by atoms with Gasteiger partial charge < -0.3 is 19.7 Å². The summed E-state index contributed by atoms with van der Waals surface area (Å²) in [6.45, 7) is 0. The number of anilines is 1. The van der Waals surface area contributed by atoms with Gasteiger partial charge in [0.1, 0.15) is 5.75 Å². The van der Waals surface area contributed by atoms with Gasteiger partial charge in [-0.2, -0.15) is 0 Å². The van der Waals surface area contributed by atoms with Crippen LogP contribution >= 0.6 is 0 Å². The van der Waals surface area contributed by atoms with Crippen molar-refractivity contribution in [2.45, 2.75) is 17.9 Å². The fourth-order valence-corrected chi connectivity index (χ4v) is 4.89. The molecule has 6 heteroatoms. The molecule has 33 heavy (non-hydrogen) atoms. The molecule has 2 N–H and O–H groups in total. The number of benzene rings is 3. The van der Waals surface area contributed by atoms with Crippen LogP contribution in [0.4, 0.5) is 5.69 Å². The molecule has 6 nitrogen and oxygen atoms in total. The summed E-state index contributed by atoms with van der Waals surface area (Å²) >= 11 is 0. The van der Waals surface area contributed by atoms with Gasteiger partial charge in [-0.25, -0.2) is 4.98 Å². The molecule has 0 saturated carbocycles. The van der Waals surface area contributed by atoms with Gasteiger partial charge in [0, 0.05) is 32.2 Å². The number of imidazole rings is 1. The molecule has 1 amide bonds. The van der Waals surface area contributed by atoms with Crippen LogP contribution in [0.25, 0.3) is 0 Å². The van der Waals surface area contributed by atoms with Gasteiger partial charge in [0.05, 0.1) is 18.2 Å². The van der Waals surface area contributed by atoms with E-state index >= 15 is 0 Å². The molecule has 1 aliphatic rings. The number of methoxy groups -OCH3 is 1. The van der Waals surface area contributed by atoms with Crippen LogP contribution in [-0.4, -0.2) is 35.1 Å². The quantitative estimate of drug-likeness (QED) is 0.478. The maximum Gasteiger partial charge on any atom is 0.227 e. The molecular formula is C27H25N3O3. The third-order valence-corrected chi connectivity index (χ3v) is 6.56. The van der Waals surface area contributed by atoms with E-state index in [4.69, 9.17) is 4.74 Å². The number of carbonyl (C=O) groups is 1. The number of phenolic OH excluding ortho intramolecular Hbond substituents is 1. The Hall–Kier alpha value is -3.90. The molecule has 166 valence electrons. The summed E-state index contributed by atoms with van der Waals surface area (Å²) in [4.78, 5) is 21.9. The maximum atomic E-state index is 12.8. The first-order valence-electron chi connectivity index (χ1n) is 10.8. The smallest absolute Gasteiger partial charge is 0.227 e. The average molecular weight is 440 g/mol. The Bertz CT molecular complexity index is 1290. The third-order valence-electron chi connectivity index (χ3n) is 6.56. The van der Waals surface area contributed by atoms with Crippen LogP contribution in [-0.2, 0) is 15.1 Å². The van der Waals surface area contributed by atoms with Gasteiger partial charge >= 0.3 is 0 Å². The number of aromatic nitrogens is 2. The highest BCUT2D eigenvalue weighted by atomic mass is 16.5. The number of hydrogen-bond donors (Lipinski definition) is 2.